The molecule has 0 saturated carbocycles. The van der Waals surface area contributed by atoms with E-state index in [0.29, 0.717) is 18.0 Å². The minimum atomic E-state index is -0.118. The highest BCUT2D eigenvalue weighted by Crippen LogP contribution is 2.24. The second-order valence-corrected chi connectivity index (χ2v) is 5.14. The number of ether oxygens (including phenoxy) is 1. The molecular formula is C17H21ClN2O2. The Morgan fingerprint density at radius 2 is 1.91 bits per heavy atom. The summed E-state index contributed by atoms with van der Waals surface area (Å²) in [5.41, 5.74) is 2.78. The Morgan fingerprint density at radius 3 is 2.50 bits per heavy atom. The molecule has 1 aromatic heterocycles. The lowest BCUT2D eigenvalue weighted by Crippen LogP contribution is -2.23. The second kappa shape index (κ2) is 8.39. The summed E-state index contributed by atoms with van der Waals surface area (Å²) in [6, 6.07) is 9.48. The Bertz CT molecular complexity index is 615. The number of benzene rings is 1. The maximum Gasteiger partial charge on any atom is 0.251 e. The number of halogens is 1. The van der Waals surface area contributed by atoms with Crippen LogP contribution in [0.3, 0.4) is 0 Å². The van der Waals surface area contributed by atoms with Gasteiger partial charge in [-0.3, -0.25) is 9.78 Å². The van der Waals surface area contributed by atoms with Crippen LogP contribution in [0.25, 0.3) is 0 Å². The maximum atomic E-state index is 12.0. The summed E-state index contributed by atoms with van der Waals surface area (Å²) >= 11 is 0. The zero-order chi connectivity index (χ0) is 15.2. The van der Waals surface area contributed by atoms with Crippen LogP contribution in [0.1, 0.15) is 41.3 Å². The van der Waals surface area contributed by atoms with Gasteiger partial charge in [-0.15, -0.1) is 12.4 Å². The zero-order valence-electron chi connectivity index (χ0n) is 13.0. The molecule has 0 unspecified atom stereocenters. The van der Waals surface area contributed by atoms with E-state index in [9.17, 15) is 4.79 Å². The average molecular weight is 321 g/mol. The van der Waals surface area contributed by atoms with Crippen LogP contribution in [0.15, 0.2) is 42.7 Å². The van der Waals surface area contributed by atoms with Crippen molar-refractivity contribution in [2.24, 2.45) is 0 Å². The van der Waals surface area contributed by atoms with Gasteiger partial charge < -0.3 is 10.1 Å². The smallest absolute Gasteiger partial charge is 0.251 e. The molecule has 2 rings (SSSR count). The molecule has 4 nitrogen and oxygen atoms in total. The number of nitrogens with zero attached hydrogens (tertiary/aromatic N) is 1. The molecule has 0 aliphatic heterocycles. The van der Waals surface area contributed by atoms with Crippen LogP contribution < -0.4 is 10.1 Å². The quantitative estimate of drug-likeness (QED) is 0.916. The van der Waals surface area contributed by atoms with Crippen molar-refractivity contribution < 1.29 is 9.53 Å². The first-order valence-electron chi connectivity index (χ1n) is 6.97. The van der Waals surface area contributed by atoms with E-state index in [2.05, 4.69) is 30.2 Å². The molecule has 2 aromatic rings. The summed E-state index contributed by atoms with van der Waals surface area (Å²) in [7, 11) is 1.65. The number of carbonyl (C=O) groups is 1. The molecule has 0 bridgehead atoms. The van der Waals surface area contributed by atoms with Crippen LogP contribution >= 0.6 is 12.4 Å². The van der Waals surface area contributed by atoms with Crippen molar-refractivity contribution in [3.8, 4) is 5.75 Å². The summed E-state index contributed by atoms with van der Waals surface area (Å²) in [6.45, 7) is 4.71. The minimum absolute atomic E-state index is 0. The van der Waals surface area contributed by atoms with Gasteiger partial charge in [-0.2, -0.15) is 0 Å². The Labute approximate surface area is 137 Å². The Morgan fingerprint density at radius 1 is 1.23 bits per heavy atom. The van der Waals surface area contributed by atoms with Gasteiger partial charge >= 0.3 is 0 Å². The molecule has 5 heteroatoms. The topological polar surface area (TPSA) is 51.2 Å². The van der Waals surface area contributed by atoms with Crippen LogP contribution in [-0.4, -0.2) is 18.0 Å². The standard InChI is InChI=1S/C17H20N2O2.ClH/c1-12(2)14-4-5-15(16(10-14)21-3)11-19-17(20)13-6-8-18-9-7-13;/h4-10,12H,11H2,1-3H3,(H,19,20);1H. The number of methoxy groups -OCH3 is 1. The van der Waals surface area contributed by atoms with Crippen molar-refractivity contribution >= 4 is 18.3 Å². The molecule has 0 spiro atoms. The molecule has 118 valence electrons. The van der Waals surface area contributed by atoms with E-state index in [1.165, 1.54) is 5.56 Å². The van der Waals surface area contributed by atoms with Gasteiger partial charge in [0.1, 0.15) is 5.75 Å². The van der Waals surface area contributed by atoms with E-state index in [0.717, 1.165) is 11.3 Å². The first-order valence-corrected chi connectivity index (χ1v) is 6.97. The Kier molecular flexibility index (Phi) is 6.86. The molecule has 22 heavy (non-hydrogen) atoms. The molecule has 0 fully saturated rings. The fourth-order valence-electron chi connectivity index (χ4n) is 2.05. The van der Waals surface area contributed by atoms with Gasteiger partial charge in [-0.1, -0.05) is 26.0 Å². The third-order valence-corrected chi connectivity index (χ3v) is 3.36. The summed E-state index contributed by atoms with van der Waals surface area (Å²) in [5.74, 6) is 1.13. The summed E-state index contributed by atoms with van der Waals surface area (Å²) in [5, 5.41) is 2.89. The van der Waals surface area contributed by atoms with Crippen molar-refractivity contribution in [1.82, 2.24) is 10.3 Å². The van der Waals surface area contributed by atoms with Crippen molar-refractivity contribution in [3.63, 3.8) is 0 Å². The van der Waals surface area contributed by atoms with Crippen LogP contribution in [0.4, 0.5) is 0 Å². The van der Waals surface area contributed by atoms with Gasteiger partial charge in [0.25, 0.3) is 5.91 Å². The van der Waals surface area contributed by atoms with E-state index >= 15 is 0 Å². The SMILES string of the molecule is COc1cc(C(C)C)ccc1CNC(=O)c1ccncc1.Cl. The van der Waals surface area contributed by atoms with E-state index < -0.39 is 0 Å². The van der Waals surface area contributed by atoms with Gasteiger partial charge in [0, 0.05) is 30.1 Å². The summed E-state index contributed by atoms with van der Waals surface area (Å²) in [4.78, 5) is 15.9. The largest absolute Gasteiger partial charge is 0.496 e. The minimum Gasteiger partial charge on any atom is -0.496 e. The summed E-state index contributed by atoms with van der Waals surface area (Å²) < 4.78 is 5.41. The number of rotatable bonds is 5. The average Bonchev–Trinajstić information content (AvgIpc) is 2.53. The zero-order valence-corrected chi connectivity index (χ0v) is 13.8. The lowest BCUT2D eigenvalue weighted by molar-refractivity contribution is 0.0950. The van der Waals surface area contributed by atoms with Crippen molar-refractivity contribution in [3.05, 3.63) is 59.4 Å². The highest BCUT2D eigenvalue weighted by atomic mass is 35.5. The lowest BCUT2D eigenvalue weighted by atomic mass is 10.0. The summed E-state index contributed by atoms with van der Waals surface area (Å²) in [6.07, 6.45) is 3.21. The molecule has 1 heterocycles. The van der Waals surface area contributed by atoms with Gasteiger partial charge in [-0.05, 0) is 29.7 Å². The number of hydrogen-bond acceptors (Lipinski definition) is 3. The van der Waals surface area contributed by atoms with E-state index in [-0.39, 0.29) is 18.3 Å². The van der Waals surface area contributed by atoms with Crippen molar-refractivity contribution in [2.45, 2.75) is 26.3 Å². The van der Waals surface area contributed by atoms with Crippen LogP contribution in [0.2, 0.25) is 0 Å². The molecule has 1 N–H and O–H groups in total. The number of hydrogen-bond donors (Lipinski definition) is 1. The third-order valence-electron chi connectivity index (χ3n) is 3.36. The van der Waals surface area contributed by atoms with Crippen molar-refractivity contribution in [2.75, 3.05) is 7.11 Å². The molecular weight excluding hydrogens is 300 g/mol. The Balaban J connectivity index is 0.00000242. The number of carbonyl (C=O) groups excluding carboxylic acids is 1. The van der Waals surface area contributed by atoms with Crippen LogP contribution in [0, 0.1) is 0 Å². The number of nitrogens with one attached hydrogen (secondary N) is 1. The molecule has 1 aromatic carbocycles. The van der Waals surface area contributed by atoms with Gasteiger partial charge in [0.05, 0.1) is 7.11 Å². The van der Waals surface area contributed by atoms with Crippen molar-refractivity contribution in [1.29, 1.82) is 0 Å². The highest BCUT2D eigenvalue weighted by Gasteiger charge is 2.09. The normalized spacial score (nSPS) is 10.0. The fourth-order valence-corrected chi connectivity index (χ4v) is 2.05. The van der Waals surface area contributed by atoms with Gasteiger partial charge in [0.2, 0.25) is 0 Å². The number of amides is 1. The predicted octanol–water partition coefficient (Wildman–Crippen LogP) is 3.57. The molecule has 0 radical (unpaired) electrons. The predicted molar refractivity (Wildman–Crippen MR) is 89.7 cm³/mol. The van der Waals surface area contributed by atoms with Gasteiger partial charge in [0.15, 0.2) is 0 Å². The first-order chi connectivity index (χ1) is 10.1. The Hall–Kier alpha value is -2.07. The number of pyridine rings is 1. The third kappa shape index (κ3) is 4.46. The molecule has 0 aliphatic carbocycles. The maximum absolute atomic E-state index is 12.0. The van der Waals surface area contributed by atoms with E-state index in [1.54, 1.807) is 31.6 Å². The second-order valence-electron chi connectivity index (χ2n) is 5.14. The first kappa shape index (κ1) is 18.0. The highest BCUT2D eigenvalue weighted by molar-refractivity contribution is 5.93. The van der Waals surface area contributed by atoms with E-state index in [1.807, 2.05) is 12.1 Å². The fraction of sp³-hybridized carbons (Fsp3) is 0.294. The van der Waals surface area contributed by atoms with Crippen LogP contribution in [0.5, 0.6) is 5.75 Å². The molecule has 0 aliphatic rings. The van der Waals surface area contributed by atoms with Crippen LogP contribution in [-0.2, 0) is 6.54 Å². The molecule has 1 amide bonds. The van der Waals surface area contributed by atoms with Gasteiger partial charge in [-0.25, -0.2) is 0 Å². The monoisotopic (exact) mass is 320 g/mol. The lowest BCUT2D eigenvalue weighted by Gasteiger charge is -2.13. The molecule has 0 saturated heterocycles. The number of aromatic nitrogens is 1. The molecule has 0 atom stereocenters. The van der Waals surface area contributed by atoms with E-state index in [4.69, 9.17) is 4.74 Å².